The summed E-state index contributed by atoms with van der Waals surface area (Å²) in [6.45, 7) is 6.13. The van der Waals surface area contributed by atoms with Crippen molar-refractivity contribution in [3.05, 3.63) is 57.8 Å². The van der Waals surface area contributed by atoms with Crippen LogP contribution in [0.5, 0.6) is 0 Å². The van der Waals surface area contributed by atoms with Crippen molar-refractivity contribution in [2.24, 2.45) is 0 Å². The molecular formula is C16H20Cl2N2. The zero-order chi connectivity index (χ0) is 14.5. The number of hydrogen-bond donors (Lipinski definition) is 1. The number of benzene rings is 1. The lowest BCUT2D eigenvalue weighted by Gasteiger charge is -2.11. The SMILES string of the molecule is CCCNC(C)c1ccn(Cc2cc(Cl)ccc2Cl)c1. The van der Waals surface area contributed by atoms with E-state index >= 15 is 0 Å². The summed E-state index contributed by atoms with van der Waals surface area (Å²) in [4.78, 5) is 0. The van der Waals surface area contributed by atoms with Gasteiger partial charge in [-0.25, -0.2) is 0 Å². The maximum atomic E-state index is 6.20. The third-order valence-corrected chi connectivity index (χ3v) is 3.94. The van der Waals surface area contributed by atoms with Crippen LogP contribution in [-0.4, -0.2) is 11.1 Å². The van der Waals surface area contributed by atoms with Gasteiger partial charge in [-0.2, -0.15) is 0 Å². The molecule has 108 valence electrons. The van der Waals surface area contributed by atoms with Crippen molar-refractivity contribution >= 4 is 23.2 Å². The van der Waals surface area contributed by atoms with Gasteiger partial charge >= 0.3 is 0 Å². The fourth-order valence-corrected chi connectivity index (χ4v) is 2.53. The van der Waals surface area contributed by atoms with Gasteiger partial charge in [0.25, 0.3) is 0 Å². The Morgan fingerprint density at radius 2 is 2.05 bits per heavy atom. The first-order valence-corrected chi connectivity index (χ1v) is 7.68. The zero-order valence-electron chi connectivity index (χ0n) is 11.9. The Morgan fingerprint density at radius 3 is 2.80 bits per heavy atom. The highest BCUT2D eigenvalue weighted by atomic mass is 35.5. The van der Waals surface area contributed by atoms with Gasteiger partial charge in [0.1, 0.15) is 0 Å². The van der Waals surface area contributed by atoms with Crippen LogP contribution in [0.3, 0.4) is 0 Å². The average Bonchev–Trinajstić information content (AvgIpc) is 2.89. The predicted octanol–water partition coefficient (Wildman–Crippen LogP) is 4.90. The highest BCUT2D eigenvalue weighted by Crippen LogP contribution is 2.22. The van der Waals surface area contributed by atoms with Crippen LogP contribution in [-0.2, 0) is 6.54 Å². The van der Waals surface area contributed by atoms with Crippen molar-refractivity contribution in [3.8, 4) is 0 Å². The minimum Gasteiger partial charge on any atom is -0.350 e. The molecule has 1 aromatic carbocycles. The van der Waals surface area contributed by atoms with Gasteiger partial charge in [-0.3, -0.25) is 0 Å². The quantitative estimate of drug-likeness (QED) is 0.802. The Bertz CT molecular complexity index is 563. The maximum absolute atomic E-state index is 6.20. The highest BCUT2D eigenvalue weighted by molar-refractivity contribution is 6.33. The number of halogens is 2. The van der Waals surface area contributed by atoms with Gasteiger partial charge in [-0.1, -0.05) is 30.1 Å². The summed E-state index contributed by atoms with van der Waals surface area (Å²) in [6.07, 6.45) is 5.38. The molecule has 0 saturated heterocycles. The van der Waals surface area contributed by atoms with Crippen molar-refractivity contribution in [1.82, 2.24) is 9.88 Å². The molecule has 1 heterocycles. The summed E-state index contributed by atoms with van der Waals surface area (Å²) in [7, 11) is 0. The highest BCUT2D eigenvalue weighted by Gasteiger charge is 2.07. The van der Waals surface area contributed by atoms with E-state index in [0.29, 0.717) is 6.04 Å². The molecule has 0 aliphatic heterocycles. The van der Waals surface area contributed by atoms with Crippen molar-refractivity contribution < 1.29 is 0 Å². The van der Waals surface area contributed by atoms with Gasteiger partial charge in [0, 0.05) is 35.0 Å². The molecule has 4 heteroatoms. The van der Waals surface area contributed by atoms with Crippen LogP contribution >= 0.6 is 23.2 Å². The Balaban J connectivity index is 2.07. The van der Waals surface area contributed by atoms with Crippen LogP contribution in [0, 0.1) is 0 Å². The van der Waals surface area contributed by atoms with Crippen molar-refractivity contribution in [2.45, 2.75) is 32.9 Å². The first-order chi connectivity index (χ1) is 9.60. The minimum atomic E-state index is 0.367. The molecule has 1 unspecified atom stereocenters. The molecule has 20 heavy (non-hydrogen) atoms. The Hall–Kier alpha value is -0.960. The van der Waals surface area contributed by atoms with Crippen LogP contribution in [0.4, 0.5) is 0 Å². The van der Waals surface area contributed by atoms with Gasteiger partial charge in [-0.15, -0.1) is 0 Å². The molecule has 2 aromatic rings. The third-order valence-electron chi connectivity index (χ3n) is 3.33. The molecule has 2 rings (SSSR count). The Labute approximate surface area is 130 Å². The molecule has 1 aromatic heterocycles. The van der Waals surface area contributed by atoms with Crippen molar-refractivity contribution in [1.29, 1.82) is 0 Å². The second-order valence-electron chi connectivity index (χ2n) is 5.03. The molecule has 0 saturated carbocycles. The van der Waals surface area contributed by atoms with Gasteiger partial charge in [0.05, 0.1) is 0 Å². The lowest BCUT2D eigenvalue weighted by molar-refractivity contribution is 0.569. The molecule has 0 radical (unpaired) electrons. The van der Waals surface area contributed by atoms with Crippen molar-refractivity contribution in [3.63, 3.8) is 0 Å². The molecule has 0 fully saturated rings. The van der Waals surface area contributed by atoms with E-state index in [1.54, 1.807) is 0 Å². The summed E-state index contributed by atoms with van der Waals surface area (Å²) in [6, 6.07) is 8.08. The summed E-state index contributed by atoms with van der Waals surface area (Å²) >= 11 is 12.2. The van der Waals surface area contributed by atoms with Crippen LogP contribution in [0.1, 0.15) is 37.4 Å². The monoisotopic (exact) mass is 310 g/mol. The summed E-state index contributed by atoms with van der Waals surface area (Å²) in [5, 5.41) is 4.95. The number of aromatic nitrogens is 1. The number of nitrogens with zero attached hydrogens (tertiary/aromatic N) is 1. The predicted molar refractivity (Wildman–Crippen MR) is 86.7 cm³/mol. The first-order valence-electron chi connectivity index (χ1n) is 6.93. The van der Waals surface area contributed by atoms with E-state index in [2.05, 4.69) is 42.2 Å². The normalized spacial score (nSPS) is 12.6. The molecule has 0 spiro atoms. The molecule has 0 aliphatic rings. The van der Waals surface area contributed by atoms with Gasteiger partial charge in [-0.05, 0) is 55.3 Å². The van der Waals surface area contributed by atoms with E-state index in [0.717, 1.165) is 35.1 Å². The summed E-state index contributed by atoms with van der Waals surface area (Å²) < 4.78 is 2.14. The zero-order valence-corrected chi connectivity index (χ0v) is 13.4. The van der Waals surface area contributed by atoms with E-state index in [4.69, 9.17) is 23.2 Å². The number of hydrogen-bond acceptors (Lipinski definition) is 1. The van der Waals surface area contributed by atoms with E-state index in [9.17, 15) is 0 Å². The molecule has 0 aliphatic carbocycles. The molecule has 1 atom stereocenters. The van der Waals surface area contributed by atoms with Crippen LogP contribution < -0.4 is 5.32 Å². The van der Waals surface area contributed by atoms with Crippen LogP contribution in [0.2, 0.25) is 10.0 Å². The molecular weight excluding hydrogens is 291 g/mol. The summed E-state index contributed by atoms with van der Waals surface area (Å²) in [5.41, 5.74) is 2.33. The minimum absolute atomic E-state index is 0.367. The van der Waals surface area contributed by atoms with Crippen molar-refractivity contribution in [2.75, 3.05) is 6.54 Å². The fourth-order valence-electron chi connectivity index (χ4n) is 2.15. The smallest absolute Gasteiger partial charge is 0.0485 e. The topological polar surface area (TPSA) is 17.0 Å². The van der Waals surface area contributed by atoms with E-state index in [1.165, 1.54) is 5.56 Å². The summed E-state index contributed by atoms with van der Waals surface area (Å²) in [5.74, 6) is 0. The van der Waals surface area contributed by atoms with Gasteiger partial charge in [0.15, 0.2) is 0 Å². The van der Waals surface area contributed by atoms with Crippen LogP contribution in [0.15, 0.2) is 36.7 Å². The number of nitrogens with one attached hydrogen (secondary N) is 1. The van der Waals surface area contributed by atoms with E-state index < -0.39 is 0 Å². The second kappa shape index (κ2) is 7.16. The molecule has 0 bridgehead atoms. The lowest BCUT2D eigenvalue weighted by atomic mass is 10.2. The van der Waals surface area contributed by atoms with E-state index in [1.807, 2.05) is 18.2 Å². The van der Waals surface area contributed by atoms with Gasteiger partial charge < -0.3 is 9.88 Å². The largest absolute Gasteiger partial charge is 0.350 e. The molecule has 1 N–H and O–H groups in total. The third kappa shape index (κ3) is 4.02. The molecule has 2 nitrogen and oxygen atoms in total. The Morgan fingerprint density at radius 1 is 1.25 bits per heavy atom. The number of rotatable bonds is 6. The van der Waals surface area contributed by atoms with E-state index in [-0.39, 0.29) is 0 Å². The first kappa shape index (κ1) is 15.4. The Kier molecular flexibility index (Phi) is 5.53. The maximum Gasteiger partial charge on any atom is 0.0485 e. The second-order valence-corrected chi connectivity index (χ2v) is 5.87. The van der Waals surface area contributed by atoms with Crippen LogP contribution in [0.25, 0.3) is 0 Å². The lowest BCUT2D eigenvalue weighted by Crippen LogP contribution is -2.18. The average molecular weight is 311 g/mol. The molecule has 0 amide bonds. The van der Waals surface area contributed by atoms with Gasteiger partial charge in [0.2, 0.25) is 0 Å². The fraction of sp³-hybridized carbons (Fsp3) is 0.375. The standard InChI is InChI=1S/C16H20Cl2N2/c1-3-7-19-12(2)13-6-8-20(10-13)11-14-9-15(17)4-5-16(14)18/h4-6,8-10,12,19H,3,7,11H2,1-2H3.